The van der Waals surface area contributed by atoms with Gasteiger partial charge >= 0.3 is 0 Å². The predicted octanol–water partition coefficient (Wildman–Crippen LogP) is 2.62. The molecule has 0 spiro atoms. The smallest absolute Gasteiger partial charge is 0.272 e. The Bertz CT molecular complexity index is 770. The monoisotopic (exact) mass is 332 g/mol. The van der Waals surface area contributed by atoms with Crippen molar-refractivity contribution in [2.75, 3.05) is 6.61 Å². The van der Waals surface area contributed by atoms with Gasteiger partial charge in [0.15, 0.2) is 18.3 Å². The number of Topliss-reactive ketones (excluding diaryl/α,β-unsaturated/α-hetero) is 1. The van der Waals surface area contributed by atoms with Gasteiger partial charge in [-0.25, -0.2) is 23.7 Å². The van der Waals surface area contributed by atoms with Crippen LogP contribution in [0.1, 0.15) is 33.6 Å². The normalized spacial score (nSPS) is 11.8. The summed E-state index contributed by atoms with van der Waals surface area (Å²) in [6, 6.07) is 7.76. The maximum Gasteiger partial charge on any atom is 0.272 e. The van der Waals surface area contributed by atoms with Gasteiger partial charge in [0.05, 0.1) is 6.07 Å². The van der Waals surface area contributed by atoms with Gasteiger partial charge in [0, 0.05) is 17.5 Å². The van der Waals surface area contributed by atoms with Crippen LogP contribution in [-0.2, 0) is 0 Å². The number of nitrogens with zero attached hydrogens (tertiary/aromatic N) is 4. The molecule has 124 valence electrons. The highest BCUT2D eigenvalue weighted by Crippen LogP contribution is 2.19. The number of pyridine rings is 1. The fraction of sp³-hybridized carbons (Fsp3) is 0.312. The number of ether oxygens (including phenoxy) is 1. The fourth-order valence-electron chi connectivity index (χ4n) is 2.04. The average molecular weight is 332 g/mol. The van der Waals surface area contributed by atoms with Crippen molar-refractivity contribution in [3.8, 4) is 11.9 Å². The molecule has 0 amide bonds. The second kappa shape index (κ2) is 7.55. The van der Waals surface area contributed by atoms with Crippen molar-refractivity contribution in [3.05, 3.63) is 47.2 Å². The summed E-state index contributed by atoms with van der Waals surface area (Å²) in [7, 11) is 0. The summed E-state index contributed by atoms with van der Waals surface area (Å²) in [6.45, 7) is 2.63. The molecule has 8 heteroatoms. The lowest BCUT2D eigenvalue weighted by Gasteiger charge is -2.10. The van der Waals surface area contributed by atoms with E-state index in [0.717, 1.165) is 0 Å². The number of carbonyl (C=O) groups is 1. The Labute approximate surface area is 137 Å². The molecule has 0 radical (unpaired) electrons. The maximum atomic E-state index is 12.5. The van der Waals surface area contributed by atoms with Crippen LogP contribution in [0.3, 0.4) is 0 Å². The topological polar surface area (TPSA) is 88.8 Å². The second-order valence-corrected chi connectivity index (χ2v) is 5.00. The Morgan fingerprint density at radius 2 is 1.92 bits per heavy atom. The third kappa shape index (κ3) is 4.29. The van der Waals surface area contributed by atoms with Gasteiger partial charge in [-0.2, -0.15) is 5.26 Å². The highest BCUT2D eigenvalue weighted by Gasteiger charge is 2.26. The van der Waals surface area contributed by atoms with Crippen LogP contribution in [0, 0.1) is 25.2 Å². The molecule has 1 atom stereocenters. The molecule has 2 aromatic rings. The van der Waals surface area contributed by atoms with Crippen molar-refractivity contribution in [1.82, 2.24) is 15.0 Å². The molecule has 2 heterocycles. The number of hydrogen-bond donors (Lipinski definition) is 0. The van der Waals surface area contributed by atoms with E-state index in [2.05, 4.69) is 15.0 Å². The molecule has 0 aliphatic heterocycles. The first kappa shape index (κ1) is 17.4. The Balaban J connectivity index is 2.28. The molecule has 0 saturated heterocycles. The van der Waals surface area contributed by atoms with Crippen LogP contribution in [0.25, 0.3) is 0 Å². The fourth-order valence-corrected chi connectivity index (χ4v) is 2.04. The summed E-state index contributed by atoms with van der Waals surface area (Å²) < 4.78 is 29.1. The zero-order valence-corrected chi connectivity index (χ0v) is 13.0. The highest BCUT2D eigenvalue weighted by molar-refractivity contribution is 6.00. The SMILES string of the molecule is Cc1cc(C)nc([C@@H](C#N)C(=O)c2cccc(OCC(F)F)n2)n1. The van der Waals surface area contributed by atoms with Crippen molar-refractivity contribution in [2.24, 2.45) is 0 Å². The minimum atomic E-state index is -2.65. The molecule has 0 saturated carbocycles. The van der Waals surface area contributed by atoms with Gasteiger partial charge in [0.2, 0.25) is 11.7 Å². The predicted molar refractivity (Wildman–Crippen MR) is 79.9 cm³/mol. The number of nitriles is 1. The molecule has 2 aromatic heterocycles. The molecular formula is C16H14F2N4O2. The summed E-state index contributed by atoms with van der Waals surface area (Å²) in [4.78, 5) is 24.6. The molecule has 0 aliphatic carbocycles. The third-order valence-electron chi connectivity index (χ3n) is 2.98. The number of aryl methyl sites for hydroxylation is 2. The van der Waals surface area contributed by atoms with E-state index in [-0.39, 0.29) is 17.4 Å². The number of halogens is 2. The second-order valence-electron chi connectivity index (χ2n) is 5.00. The van der Waals surface area contributed by atoms with Crippen LogP contribution in [-0.4, -0.2) is 33.8 Å². The number of alkyl halides is 2. The van der Waals surface area contributed by atoms with Crippen LogP contribution in [0.4, 0.5) is 8.78 Å². The zero-order chi connectivity index (χ0) is 17.7. The van der Waals surface area contributed by atoms with E-state index in [1.165, 1.54) is 18.2 Å². The van der Waals surface area contributed by atoms with Gasteiger partial charge in [0.25, 0.3) is 6.43 Å². The van der Waals surface area contributed by atoms with E-state index in [4.69, 9.17) is 4.74 Å². The number of hydrogen-bond acceptors (Lipinski definition) is 6. The van der Waals surface area contributed by atoms with Gasteiger partial charge in [-0.05, 0) is 26.0 Å². The van der Waals surface area contributed by atoms with Gasteiger partial charge in [-0.15, -0.1) is 0 Å². The van der Waals surface area contributed by atoms with Crippen molar-refractivity contribution < 1.29 is 18.3 Å². The zero-order valence-electron chi connectivity index (χ0n) is 13.0. The van der Waals surface area contributed by atoms with Crippen molar-refractivity contribution in [1.29, 1.82) is 5.26 Å². The van der Waals surface area contributed by atoms with E-state index in [1.807, 2.05) is 6.07 Å². The summed E-state index contributed by atoms with van der Waals surface area (Å²) in [5.74, 6) is -1.88. The molecule has 0 fully saturated rings. The summed E-state index contributed by atoms with van der Waals surface area (Å²) in [6.07, 6.45) is -2.65. The largest absolute Gasteiger partial charge is 0.472 e. The first-order chi connectivity index (χ1) is 11.4. The molecule has 0 N–H and O–H groups in total. The Hall–Kier alpha value is -2.95. The number of carbonyl (C=O) groups excluding carboxylic acids is 1. The van der Waals surface area contributed by atoms with E-state index >= 15 is 0 Å². The third-order valence-corrected chi connectivity index (χ3v) is 2.98. The quantitative estimate of drug-likeness (QED) is 0.756. The lowest BCUT2D eigenvalue weighted by Crippen LogP contribution is -2.17. The summed E-state index contributed by atoms with van der Waals surface area (Å²) >= 11 is 0. The first-order valence-electron chi connectivity index (χ1n) is 7.04. The van der Waals surface area contributed by atoms with Crippen molar-refractivity contribution >= 4 is 5.78 Å². The molecular weight excluding hydrogens is 318 g/mol. The van der Waals surface area contributed by atoms with Gasteiger partial charge < -0.3 is 4.74 Å². The standard InChI is InChI=1S/C16H14F2N4O2/c1-9-6-10(2)21-16(20-9)11(7-19)15(23)12-4-3-5-14(22-12)24-8-13(17)18/h3-6,11,13H,8H2,1-2H3/t11-/m0/s1. The van der Waals surface area contributed by atoms with Gasteiger partial charge in [-0.3, -0.25) is 4.79 Å². The summed E-state index contributed by atoms with van der Waals surface area (Å²) in [5.41, 5.74) is 1.19. The van der Waals surface area contributed by atoms with Gasteiger partial charge in [-0.1, -0.05) is 6.07 Å². The molecule has 6 nitrogen and oxygen atoms in total. The molecule has 0 aromatic carbocycles. The average Bonchev–Trinajstić information content (AvgIpc) is 2.53. The van der Waals surface area contributed by atoms with E-state index in [9.17, 15) is 18.8 Å². The number of rotatable bonds is 6. The minimum absolute atomic E-state index is 0.0731. The molecule has 0 bridgehead atoms. The van der Waals surface area contributed by atoms with Crippen LogP contribution in [0.2, 0.25) is 0 Å². The van der Waals surface area contributed by atoms with E-state index in [1.54, 1.807) is 19.9 Å². The Kier molecular flexibility index (Phi) is 5.47. The summed E-state index contributed by atoms with van der Waals surface area (Å²) in [5, 5.41) is 9.33. The van der Waals surface area contributed by atoms with E-state index in [0.29, 0.717) is 11.4 Å². The first-order valence-corrected chi connectivity index (χ1v) is 7.04. The van der Waals surface area contributed by atoms with Crippen molar-refractivity contribution in [3.63, 3.8) is 0 Å². The molecule has 24 heavy (non-hydrogen) atoms. The number of ketones is 1. The highest BCUT2D eigenvalue weighted by atomic mass is 19.3. The van der Waals surface area contributed by atoms with Crippen LogP contribution >= 0.6 is 0 Å². The molecule has 2 rings (SSSR count). The number of aromatic nitrogens is 3. The van der Waals surface area contributed by atoms with E-state index < -0.39 is 24.7 Å². The lowest BCUT2D eigenvalue weighted by atomic mass is 10.0. The van der Waals surface area contributed by atoms with Crippen LogP contribution < -0.4 is 4.74 Å². The van der Waals surface area contributed by atoms with Crippen LogP contribution in [0.15, 0.2) is 24.3 Å². The molecule has 0 unspecified atom stereocenters. The van der Waals surface area contributed by atoms with Crippen molar-refractivity contribution in [2.45, 2.75) is 26.2 Å². The Morgan fingerprint density at radius 3 is 2.50 bits per heavy atom. The maximum absolute atomic E-state index is 12.5. The molecule has 0 aliphatic rings. The van der Waals surface area contributed by atoms with Gasteiger partial charge in [0.1, 0.15) is 5.69 Å². The minimum Gasteiger partial charge on any atom is -0.472 e. The Morgan fingerprint density at radius 1 is 1.25 bits per heavy atom. The van der Waals surface area contributed by atoms with Crippen LogP contribution in [0.5, 0.6) is 5.88 Å². The lowest BCUT2D eigenvalue weighted by molar-refractivity contribution is 0.0793.